The van der Waals surface area contributed by atoms with Gasteiger partial charge in [0, 0.05) is 13.1 Å². The topological polar surface area (TPSA) is 105 Å². The lowest BCUT2D eigenvalue weighted by molar-refractivity contribution is -0.144. The number of hydrogen-bond acceptors (Lipinski definition) is 7. The highest BCUT2D eigenvalue weighted by Gasteiger charge is 2.65. The molecule has 8 heteroatoms. The molecule has 6 rings (SSSR count). The van der Waals surface area contributed by atoms with Crippen LogP contribution in [0, 0.1) is 22.7 Å². The van der Waals surface area contributed by atoms with Gasteiger partial charge in [-0.3, -0.25) is 9.59 Å². The second-order valence-corrected chi connectivity index (χ2v) is 13.6. The molecule has 2 saturated carbocycles. The third-order valence-corrected chi connectivity index (χ3v) is 11.3. The number of nitrogens with one attached hydrogen (secondary N) is 1. The van der Waals surface area contributed by atoms with Gasteiger partial charge in [-0.05, 0) is 100 Å². The van der Waals surface area contributed by atoms with Gasteiger partial charge in [-0.1, -0.05) is 25.0 Å². The zero-order chi connectivity index (χ0) is 26.4. The van der Waals surface area contributed by atoms with Gasteiger partial charge in [0.1, 0.15) is 23.0 Å². The number of aliphatic hydroxyl groups is 2. The van der Waals surface area contributed by atoms with E-state index in [9.17, 15) is 19.8 Å². The highest BCUT2D eigenvalue weighted by atomic mass is 35.5. The molecule has 6 aliphatic rings. The van der Waals surface area contributed by atoms with E-state index in [1.54, 1.807) is 0 Å². The number of hydrogen-bond donors (Lipinski definition) is 3. The van der Waals surface area contributed by atoms with E-state index in [0.717, 1.165) is 62.5 Å². The summed E-state index contributed by atoms with van der Waals surface area (Å²) in [7, 11) is 0. The Morgan fingerprint density at radius 2 is 1.13 bits per heavy atom. The van der Waals surface area contributed by atoms with Gasteiger partial charge in [0.15, 0.2) is 12.2 Å². The van der Waals surface area contributed by atoms with Crippen LogP contribution in [0.25, 0.3) is 0 Å². The van der Waals surface area contributed by atoms with Crippen LogP contribution in [0.1, 0.15) is 91.9 Å². The van der Waals surface area contributed by atoms with E-state index >= 15 is 0 Å². The predicted molar refractivity (Wildman–Crippen MR) is 145 cm³/mol. The van der Waals surface area contributed by atoms with E-state index in [1.165, 1.54) is 11.1 Å². The van der Waals surface area contributed by atoms with Gasteiger partial charge in [0.2, 0.25) is 0 Å². The molecule has 0 spiro atoms. The molecule has 2 aliphatic heterocycles. The summed E-state index contributed by atoms with van der Waals surface area (Å²) < 4.78 is 11.8. The normalized spacial score (nSPS) is 45.9. The van der Waals surface area contributed by atoms with E-state index in [4.69, 9.17) is 9.47 Å². The van der Waals surface area contributed by atoms with E-state index in [1.807, 2.05) is 0 Å². The summed E-state index contributed by atoms with van der Waals surface area (Å²) in [6.45, 7) is 9.12. The summed E-state index contributed by atoms with van der Waals surface area (Å²) in [4.78, 5) is 26.1. The highest BCUT2D eigenvalue weighted by Crippen LogP contribution is 2.58. The monoisotopic (exact) mass is 549 g/mol. The number of fused-ring (bicyclic) bond motifs is 6. The van der Waals surface area contributed by atoms with Crippen molar-refractivity contribution in [1.29, 1.82) is 0 Å². The quantitative estimate of drug-likeness (QED) is 0.357. The van der Waals surface area contributed by atoms with Crippen LogP contribution in [-0.2, 0) is 19.1 Å². The van der Waals surface area contributed by atoms with Gasteiger partial charge in [0.05, 0.1) is 0 Å². The molecule has 4 fully saturated rings. The predicted octanol–water partition coefficient (Wildman–Crippen LogP) is 4.14. The first kappa shape index (κ1) is 28.1. The average Bonchev–Trinajstić information content (AvgIpc) is 3.23. The lowest BCUT2D eigenvalue weighted by Crippen LogP contribution is -2.56. The van der Waals surface area contributed by atoms with E-state index in [2.05, 4.69) is 33.0 Å². The standard InChI is InChI=1S/C30H43NO6.ClH/c1-17-7-5-9-27(3)11-13-29(34)19(25(32)36-23(29)21(17)27)15-31-16-20-26(33)37-24-22-18(2)8-6-10-28(22,4)12-14-30(20,24)35;/h19-20,23-24,31,34-35H,5-16H2,1-4H3;1H/t19?,20?,23-,24+,27-,28-,29?,30?;/m1./s1. The van der Waals surface area contributed by atoms with Crippen molar-refractivity contribution in [2.45, 2.75) is 115 Å². The number of halogens is 1. The van der Waals surface area contributed by atoms with Gasteiger partial charge in [-0.15, -0.1) is 12.4 Å². The molecule has 2 heterocycles. The van der Waals surface area contributed by atoms with E-state index in [0.29, 0.717) is 12.8 Å². The summed E-state index contributed by atoms with van der Waals surface area (Å²) in [5, 5.41) is 26.9. The maximum Gasteiger partial charge on any atom is 0.314 e. The maximum absolute atomic E-state index is 13.1. The first-order valence-corrected chi connectivity index (χ1v) is 14.4. The number of rotatable bonds is 4. The second-order valence-electron chi connectivity index (χ2n) is 13.6. The zero-order valence-electron chi connectivity index (χ0n) is 23.2. The van der Waals surface area contributed by atoms with Crippen LogP contribution in [-0.4, -0.2) is 58.7 Å². The van der Waals surface area contributed by atoms with Crippen molar-refractivity contribution in [3.05, 3.63) is 22.3 Å². The molecular formula is C30H44ClNO6. The molecule has 0 bridgehead atoms. The smallest absolute Gasteiger partial charge is 0.314 e. The van der Waals surface area contributed by atoms with Crippen LogP contribution in [0.5, 0.6) is 0 Å². The molecule has 0 aromatic rings. The lowest BCUT2D eigenvalue weighted by atomic mass is 9.57. The zero-order valence-corrected chi connectivity index (χ0v) is 24.0. The van der Waals surface area contributed by atoms with Crippen molar-refractivity contribution >= 4 is 24.3 Å². The van der Waals surface area contributed by atoms with Crippen molar-refractivity contribution in [2.75, 3.05) is 13.1 Å². The number of carbonyl (C=O) groups is 2. The summed E-state index contributed by atoms with van der Waals surface area (Å²) in [5.74, 6) is -2.16. The van der Waals surface area contributed by atoms with Crippen molar-refractivity contribution < 1.29 is 29.3 Å². The third kappa shape index (κ3) is 3.86. The molecule has 0 amide bonds. The molecule has 0 aromatic heterocycles. The first-order chi connectivity index (χ1) is 17.4. The van der Waals surface area contributed by atoms with Crippen molar-refractivity contribution in [3.63, 3.8) is 0 Å². The largest absolute Gasteiger partial charge is 0.454 e. The van der Waals surface area contributed by atoms with Crippen LogP contribution in [0.3, 0.4) is 0 Å². The van der Waals surface area contributed by atoms with E-state index in [-0.39, 0.29) is 48.3 Å². The number of allylic oxidation sites excluding steroid dienone is 2. The van der Waals surface area contributed by atoms with Crippen LogP contribution >= 0.6 is 12.4 Å². The van der Waals surface area contributed by atoms with E-state index < -0.39 is 35.2 Å². The van der Waals surface area contributed by atoms with Crippen LogP contribution < -0.4 is 5.32 Å². The second kappa shape index (κ2) is 9.32. The lowest BCUT2D eigenvalue weighted by Gasteiger charge is -2.49. The Kier molecular flexibility index (Phi) is 6.90. The summed E-state index contributed by atoms with van der Waals surface area (Å²) in [5.41, 5.74) is 2.22. The van der Waals surface area contributed by atoms with Gasteiger partial charge in [-0.25, -0.2) is 0 Å². The molecule has 8 atom stereocenters. The fourth-order valence-electron chi connectivity index (χ4n) is 9.10. The molecule has 212 valence electrons. The molecule has 7 nitrogen and oxygen atoms in total. The Bertz CT molecular complexity index is 1020. The molecule has 4 unspecified atom stereocenters. The number of carbonyl (C=O) groups excluding carboxylic acids is 2. The summed E-state index contributed by atoms with van der Waals surface area (Å²) in [6, 6.07) is 0. The highest BCUT2D eigenvalue weighted by molar-refractivity contribution is 5.85. The van der Waals surface area contributed by atoms with Crippen LogP contribution in [0.15, 0.2) is 22.3 Å². The van der Waals surface area contributed by atoms with Crippen molar-refractivity contribution in [1.82, 2.24) is 5.32 Å². The fourth-order valence-corrected chi connectivity index (χ4v) is 9.10. The van der Waals surface area contributed by atoms with Crippen LogP contribution in [0.2, 0.25) is 0 Å². The molecule has 3 N–H and O–H groups in total. The maximum atomic E-state index is 13.1. The summed E-state index contributed by atoms with van der Waals surface area (Å²) in [6.07, 6.45) is 7.89. The Hall–Kier alpha value is -1.41. The molecule has 2 saturated heterocycles. The molecule has 0 aromatic carbocycles. The molecule has 0 radical (unpaired) electrons. The minimum absolute atomic E-state index is 0. The molecule has 38 heavy (non-hydrogen) atoms. The Morgan fingerprint density at radius 3 is 1.53 bits per heavy atom. The van der Waals surface area contributed by atoms with Crippen molar-refractivity contribution in [3.8, 4) is 0 Å². The molecular weight excluding hydrogens is 506 g/mol. The van der Waals surface area contributed by atoms with Gasteiger partial charge in [0.25, 0.3) is 0 Å². The third-order valence-electron chi connectivity index (χ3n) is 11.3. The summed E-state index contributed by atoms with van der Waals surface area (Å²) >= 11 is 0. The number of ether oxygens (including phenoxy) is 2. The SMILES string of the molecule is CC1=C2[C@H]3OC(=O)C(CNCC4C(=O)O[C@H]5C6=C(C)CCC[C@]6(C)CCC45O)C3(O)CC[C@@]2(C)CCC1.Cl. The number of esters is 2. The van der Waals surface area contributed by atoms with Crippen molar-refractivity contribution in [2.24, 2.45) is 22.7 Å². The fraction of sp³-hybridized carbons (Fsp3) is 0.800. The average molecular weight is 550 g/mol. The Labute approximate surface area is 232 Å². The van der Waals surface area contributed by atoms with Gasteiger partial charge < -0.3 is 25.0 Å². The van der Waals surface area contributed by atoms with Gasteiger partial charge >= 0.3 is 11.9 Å². The Morgan fingerprint density at radius 1 is 0.737 bits per heavy atom. The molecule has 4 aliphatic carbocycles. The first-order valence-electron chi connectivity index (χ1n) is 14.4. The van der Waals surface area contributed by atoms with Crippen LogP contribution in [0.4, 0.5) is 0 Å². The van der Waals surface area contributed by atoms with Gasteiger partial charge in [-0.2, -0.15) is 0 Å². The minimum Gasteiger partial charge on any atom is -0.454 e. The minimum atomic E-state index is -1.25. The Balaban J connectivity index is 0.00000294.